The minimum absolute atomic E-state index is 0.0476. The van der Waals surface area contributed by atoms with Gasteiger partial charge in [0.1, 0.15) is 6.04 Å². The van der Waals surface area contributed by atoms with Crippen LogP contribution < -0.4 is 5.32 Å². The maximum atomic E-state index is 11.6. The van der Waals surface area contributed by atoms with E-state index in [-0.39, 0.29) is 24.0 Å². The van der Waals surface area contributed by atoms with Crippen LogP contribution in [0.5, 0.6) is 0 Å². The van der Waals surface area contributed by atoms with Gasteiger partial charge >= 0.3 is 5.97 Å². The standard InChI is InChI=1S/C12H20N2O2S/c1-7(2)11(12(15)16-5)13-8(3)10-6-17-9(4)14-10/h6-8,11,13H,1-5H3/t8?,11-/m0/s1. The first-order chi connectivity index (χ1) is 7.95. The Morgan fingerprint density at radius 1 is 1.47 bits per heavy atom. The Balaban J connectivity index is 2.70. The molecule has 0 aliphatic heterocycles. The number of methoxy groups -OCH3 is 1. The molecule has 96 valence electrons. The number of nitrogens with one attached hydrogen (secondary N) is 1. The molecule has 0 aromatic carbocycles. The molecule has 0 saturated carbocycles. The van der Waals surface area contributed by atoms with Crippen molar-refractivity contribution in [3.8, 4) is 0 Å². The Labute approximate surface area is 106 Å². The molecule has 0 amide bonds. The van der Waals surface area contributed by atoms with Crippen LogP contribution in [0.25, 0.3) is 0 Å². The number of aromatic nitrogens is 1. The number of nitrogens with zero attached hydrogens (tertiary/aromatic N) is 1. The highest BCUT2D eigenvalue weighted by atomic mass is 32.1. The van der Waals surface area contributed by atoms with Gasteiger partial charge in [0.25, 0.3) is 0 Å². The third-order valence-electron chi connectivity index (χ3n) is 2.63. The number of carbonyl (C=O) groups is 1. The lowest BCUT2D eigenvalue weighted by Crippen LogP contribution is -2.43. The van der Waals surface area contributed by atoms with Crippen molar-refractivity contribution in [3.63, 3.8) is 0 Å². The Morgan fingerprint density at radius 2 is 2.12 bits per heavy atom. The molecule has 4 nitrogen and oxygen atoms in total. The van der Waals surface area contributed by atoms with Gasteiger partial charge in [-0.3, -0.25) is 10.1 Å². The smallest absolute Gasteiger partial charge is 0.323 e. The lowest BCUT2D eigenvalue weighted by Gasteiger charge is -2.23. The summed E-state index contributed by atoms with van der Waals surface area (Å²) in [6, 6.07) is -0.247. The topological polar surface area (TPSA) is 51.2 Å². The first-order valence-corrected chi connectivity index (χ1v) is 6.59. The van der Waals surface area contributed by atoms with Gasteiger partial charge in [0.2, 0.25) is 0 Å². The quantitative estimate of drug-likeness (QED) is 0.821. The molecule has 17 heavy (non-hydrogen) atoms. The minimum Gasteiger partial charge on any atom is -0.468 e. The summed E-state index contributed by atoms with van der Waals surface area (Å²) in [5.41, 5.74) is 0.974. The van der Waals surface area contributed by atoms with E-state index in [2.05, 4.69) is 10.3 Å². The van der Waals surface area contributed by atoms with Gasteiger partial charge in [0.05, 0.1) is 17.8 Å². The first-order valence-electron chi connectivity index (χ1n) is 5.71. The van der Waals surface area contributed by atoms with E-state index in [1.165, 1.54) is 7.11 Å². The lowest BCUT2D eigenvalue weighted by molar-refractivity contribution is -0.144. The summed E-state index contributed by atoms with van der Waals surface area (Å²) in [6.45, 7) is 7.97. The number of thiazole rings is 1. The van der Waals surface area contributed by atoms with Crippen molar-refractivity contribution in [3.05, 3.63) is 16.1 Å². The molecule has 0 aliphatic rings. The van der Waals surface area contributed by atoms with Crippen LogP contribution in [0.4, 0.5) is 0 Å². The highest BCUT2D eigenvalue weighted by molar-refractivity contribution is 7.09. The zero-order chi connectivity index (χ0) is 13.0. The number of aryl methyl sites for hydroxylation is 1. The van der Waals surface area contributed by atoms with Gasteiger partial charge in [-0.05, 0) is 19.8 Å². The summed E-state index contributed by atoms with van der Waals surface area (Å²) in [7, 11) is 1.41. The molecule has 0 bridgehead atoms. The first kappa shape index (κ1) is 14.1. The van der Waals surface area contributed by atoms with Crippen molar-refractivity contribution in [2.45, 2.75) is 39.8 Å². The molecule has 1 aromatic rings. The highest BCUT2D eigenvalue weighted by Gasteiger charge is 2.25. The van der Waals surface area contributed by atoms with E-state index in [9.17, 15) is 4.79 Å². The van der Waals surface area contributed by atoms with Gasteiger partial charge in [-0.25, -0.2) is 4.98 Å². The second-order valence-corrected chi connectivity index (χ2v) is 5.49. The molecular weight excluding hydrogens is 236 g/mol. The van der Waals surface area contributed by atoms with Crippen molar-refractivity contribution in [2.24, 2.45) is 5.92 Å². The number of ether oxygens (including phenoxy) is 1. The number of esters is 1. The van der Waals surface area contributed by atoms with Crippen LogP contribution in [0, 0.1) is 12.8 Å². The third kappa shape index (κ3) is 3.78. The molecule has 0 fully saturated rings. The molecule has 0 saturated heterocycles. The van der Waals surface area contributed by atoms with E-state index in [0.717, 1.165) is 10.7 Å². The second kappa shape index (κ2) is 6.12. The van der Waals surface area contributed by atoms with Gasteiger partial charge in [-0.15, -0.1) is 11.3 Å². The van der Waals surface area contributed by atoms with Gasteiger partial charge in [0.15, 0.2) is 0 Å². The maximum absolute atomic E-state index is 11.6. The molecule has 1 N–H and O–H groups in total. The van der Waals surface area contributed by atoms with E-state index in [0.29, 0.717) is 0 Å². The summed E-state index contributed by atoms with van der Waals surface area (Å²) in [6.07, 6.45) is 0. The van der Waals surface area contributed by atoms with Crippen LogP contribution in [0.15, 0.2) is 5.38 Å². The zero-order valence-electron chi connectivity index (χ0n) is 11.0. The fourth-order valence-electron chi connectivity index (χ4n) is 1.59. The third-order valence-corrected chi connectivity index (χ3v) is 3.42. The second-order valence-electron chi connectivity index (χ2n) is 4.42. The summed E-state index contributed by atoms with van der Waals surface area (Å²) in [5, 5.41) is 6.32. The number of rotatable bonds is 5. The van der Waals surface area contributed by atoms with Crippen molar-refractivity contribution in [2.75, 3.05) is 7.11 Å². The molecule has 0 radical (unpaired) electrons. The van der Waals surface area contributed by atoms with Crippen LogP contribution in [-0.2, 0) is 9.53 Å². The Hall–Kier alpha value is -0.940. The van der Waals surface area contributed by atoms with Crippen LogP contribution >= 0.6 is 11.3 Å². The van der Waals surface area contributed by atoms with Crippen molar-refractivity contribution in [1.29, 1.82) is 0 Å². The predicted octanol–water partition coefficient (Wildman–Crippen LogP) is 2.30. The summed E-state index contributed by atoms with van der Waals surface area (Å²) in [5.74, 6) is -0.0385. The zero-order valence-corrected chi connectivity index (χ0v) is 11.8. The molecule has 1 rings (SSSR count). The van der Waals surface area contributed by atoms with Crippen LogP contribution in [0.2, 0.25) is 0 Å². The van der Waals surface area contributed by atoms with Crippen LogP contribution in [0.1, 0.15) is 37.5 Å². The molecule has 5 heteroatoms. The van der Waals surface area contributed by atoms with Crippen molar-refractivity contribution >= 4 is 17.3 Å². The van der Waals surface area contributed by atoms with E-state index in [4.69, 9.17) is 4.74 Å². The van der Waals surface area contributed by atoms with E-state index >= 15 is 0 Å². The fraction of sp³-hybridized carbons (Fsp3) is 0.667. The molecule has 0 aliphatic carbocycles. The van der Waals surface area contributed by atoms with Crippen molar-refractivity contribution in [1.82, 2.24) is 10.3 Å². The average molecular weight is 256 g/mol. The van der Waals surface area contributed by atoms with E-state index in [1.807, 2.05) is 33.1 Å². The summed E-state index contributed by atoms with van der Waals surface area (Å²) < 4.78 is 4.80. The lowest BCUT2D eigenvalue weighted by atomic mass is 10.0. The Bertz CT molecular complexity index is 376. The molecule has 2 atom stereocenters. The molecular formula is C12H20N2O2S. The summed E-state index contributed by atoms with van der Waals surface area (Å²) >= 11 is 1.62. The molecule has 1 heterocycles. The maximum Gasteiger partial charge on any atom is 0.323 e. The highest BCUT2D eigenvalue weighted by Crippen LogP contribution is 2.18. The van der Waals surface area contributed by atoms with Gasteiger partial charge in [-0.2, -0.15) is 0 Å². The Morgan fingerprint density at radius 3 is 2.53 bits per heavy atom. The van der Waals surface area contributed by atoms with Gasteiger partial charge in [0, 0.05) is 11.4 Å². The SMILES string of the molecule is COC(=O)[C@@H](NC(C)c1csc(C)n1)C(C)C. The fourth-order valence-corrected chi connectivity index (χ4v) is 2.30. The molecule has 0 spiro atoms. The normalized spacial score (nSPS) is 14.7. The minimum atomic E-state index is -0.294. The monoisotopic (exact) mass is 256 g/mol. The largest absolute Gasteiger partial charge is 0.468 e. The number of carbonyl (C=O) groups excluding carboxylic acids is 1. The number of hydrogen-bond donors (Lipinski definition) is 1. The van der Waals surface area contributed by atoms with E-state index < -0.39 is 0 Å². The van der Waals surface area contributed by atoms with Crippen molar-refractivity contribution < 1.29 is 9.53 Å². The molecule has 1 unspecified atom stereocenters. The van der Waals surface area contributed by atoms with Gasteiger partial charge < -0.3 is 4.74 Å². The average Bonchev–Trinajstić information content (AvgIpc) is 2.71. The van der Waals surface area contributed by atoms with E-state index in [1.54, 1.807) is 11.3 Å². The van der Waals surface area contributed by atoms with Crippen LogP contribution in [0.3, 0.4) is 0 Å². The predicted molar refractivity (Wildman–Crippen MR) is 69.0 cm³/mol. The Kier molecular flexibility index (Phi) is 5.08. The van der Waals surface area contributed by atoms with Gasteiger partial charge in [-0.1, -0.05) is 13.8 Å². The van der Waals surface area contributed by atoms with Crippen LogP contribution in [-0.4, -0.2) is 24.1 Å². The molecule has 1 aromatic heterocycles. The summed E-state index contributed by atoms with van der Waals surface area (Å²) in [4.78, 5) is 16.0. The number of hydrogen-bond acceptors (Lipinski definition) is 5.